The molecule has 2 aromatic rings. The number of carboxylic acid groups (broad SMARTS) is 1. The van der Waals surface area contributed by atoms with Gasteiger partial charge in [-0.1, -0.05) is 24.3 Å². The predicted molar refractivity (Wildman–Crippen MR) is 68.2 cm³/mol. The molecular weight excluding hydrogens is 288 g/mol. The molecule has 0 saturated carbocycles. The molecule has 2 nitrogen and oxygen atoms in total. The Kier molecular flexibility index (Phi) is 3.97. The molecule has 0 bridgehead atoms. The normalized spacial score (nSPS) is 11.4. The minimum absolute atomic E-state index is 0.0370. The molecule has 1 N–H and O–H groups in total. The van der Waals surface area contributed by atoms with E-state index in [-0.39, 0.29) is 16.7 Å². The first kappa shape index (κ1) is 15.0. The summed E-state index contributed by atoms with van der Waals surface area (Å²) in [5.41, 5.74) is -1.04. The summed E-state index contributed by atoms with van der Waals surface area (Å²) in [7, 11) is 0. The molecule has 0 atom stereocenters. The van der Waals surface area contributed by atoms with Crippen molar-refractivity contribution in [2.45, 2.75) is 12.6 Å². The molecule has 0 fully saturated rings. The SMILES string of the molecule is O=C(O)Cc1ccc(-c2cccc(F)c2)c(C(F)(F)F)c1. The highest BCUT2D eigenvalue weighted by molar-refractivity contribution is 5.73. The van der Waals surface area contributed by atoms with Crippen molar-refractivity contribution in [3.8, 4) is 11.1 Å². The number of alkyl halides is 3. The summed E-state index contributed by atoms with van der Waals surface area (Å²) in [6.07, 6.45) is -5.16. The van der Waals surface area contributed by atoms with E-state index in [9.17, 15) is 22.4 Å². The van der Waals surface area contributed by atoms with E-state index in [1.807, 2.05) is 0 Å². The van der Waals surface area contributed by atoms with Gasteiger partial charge in [-0.3, -0.25) is 4.79 Å². The zero-order chi connectivity index (χ0) is 15.6. The van der Waals surface area contributed by atoms with E-state index in [2.05, 4.69) is 0 Å². The Balaban J connectivity index is 2.58. The van der Waals surface area contributed by atoms with Crippen molar-refractivity contribution in [2.24, 2.45) is 0 Å². The van der Waals surface area contributed by atoms with Crippen LogP contribution in [0.2, 0.25) is 0 Å². The number of benzene rings is 2. The molecule has 21 heavy (non-hydrogen) atoms. The third-order valence-electron chi connectivity index (χ3n) is 2.88. The van der Waals surface area contributed by atoms with Crippen molar-refractivity contribution in [2.75, 3.05) is 0 Å². The third kappa shape index (κ3) is 3.59. The van der Waals surface area contributed by atoms with Gasteiger partial charge in [0.1, 0.15) is 5.82 Å². The maximum Gasteiger partial charge on any atom is 0.417 e. The van der Waals surface area contributed by atoms with Crippen molar-refractivity contribution >= 4 is 5.97 Å². The van der Waals surface area contributed by atoms with Crippen LogP contribution in [0.4, 0.5) is 17.6 Å². The summed E-state index contributed by atoms with van der Waals surface area (Å²) in [6.45, 7) is 0. The lowest BCUT2D eigenvalue weighted by atomic mass is 9.96. The average molecular weight is 298 g/mol. The summed E-state index contributed by atoms with van der Waals surface area (Å²) >= 11 is 0. The van der Waals surface area contributed by atoms with E-state index in [4.69, 9.17) is 5.11 Å². The first-order valence-electron chi connectivity index (χ1n) is 5.95. The first-order chi connectivity index (χ1) is 9.77. The van der Waals surface area contributed by atoms with Gasteiger partial charge < -0.3 is 5.11 Å². The van der Waals surface area contributed by atoms with Gasteiger partial charge in [-0.25, -0.2) is 4.39 Å². The number of halogens is 4. The molecule has 0 aromatic heterocycles. The van der Waals surface area contributed by atoms with Crippen LogP contribution in [0, 0.1) is 5.82 Å². The van der Waals surface area contributed by atoms with Gasteiger partial charge in [0.2, 0.25) is 0 Å². The standard InChI is InChI=1S/C15H10F4O2/c16-11-3-1-2-10(8-11)12-5-4-9(7-14(20)21)6-13(12)15(17,18)19/h1-6,8H,7H2,(H,20,21). The Morgan fingerprint density at radius 3 is 2.38 bits per heavy atom. The molecule has 0 saturated heterocycles. The lowest BCUT2D eigenvalue weighted by Gasteiger charge is -2.14. The van der Waals surface area contributed by atoms with Crippen LogP contribution >= 0.6 is 0 Å². The van der Waals surface area contributed by atoms with Crippen LogP contribution in [0.1, 0.15) is 11.1 Å². The highest BCUT2D eigenvalue weighted by Gasteiger charge is 2.34. The minimum atomic E-state index is -4.66. The summed E-state index contributed by atoms with van der Waals surface area (Å²) in [5, 5.41) is 8.65. The lowest BCUT2D eigenvalue weighted by molar-refractivity contribution is -0.138. The van der Waals surface area contributed by atoms with Crippen LogP contribution in [0.5, 0.6) is 0 Å². The third-order valence-corrected chi connectivity index (χ3v) is 2.88. The lowest BCUT2D eigenvalue weighted by Crippen LogP contribution is -2.09. The van der Waals surface area contributed by atoms with Crippen LogP contribution in [0.25, 0.3) is 11.1 Å². The Morgan fingerprint density at radius 1 is 1.10 bits per heavy atom. The van der Waals surface area contributed by atoms with Gasteiger partial charge in [0.05, 0.1) is 12.0 Å². The zero-order valence-corrected chi connectivity index (χ0v) is 10.6. The molecule has 0 aliphatic carbocycles. The number of carboxylic acids is 1. The molecule has 0 aliphatic rings. The fraction of sp³-hybridized carbons (Fsp3) is 0.133. The highest BCUT2D eigenvalue weighted by atomic mass is 19.4. The van der Waals surface area contributed by atoms with E-state index in [0.29, 0.717) is 0 Å². The van der Waals surface area contributed by atoms with Crippen LogP contribution in [-0.2, 0) is 17.4 Å². The van der Waals surface area contributed by atoms with Gasteiger partial charge in [-0.15, -0.1) is 0 Å². The zero-order valence-electron chi connectivity index (χ0n) is 10.6. The first-order valence-corrected chi connectivity index (χ1v) is 5.95. The van der Waals surface area contributed by atoms with Crippen LogP contribution in [0.15, 0.2) is 42.5 Å². The fourth-order valence-corrected chi connectivity index (χ4v) is 2.02. The smallest absolute Gasteiger partial charge is 0.417 e. The van der Waals surface area contributed by atoms with Crippen molar-refractivity contribution < 1.29 is 27.5 Å². The van der Waals surface area contributed by atoms with E-state index in [1.54, 1.807) is 0 Å². The molecule has 110 valence electrons. The molecule has 0 aliphatic heterocycles. The van der Waals surface area contributed by atoms with E-state index in [0.717, 1.165) is 24.3 Å². The van der Waals surface area contributed by atoms with Crippen molar-refractivity contribution in [1.29, 1.82) is 0 Å². The highest BCUT2D eigenvalue weighted by Crippen LogP contribution is 2.37. The number of carbonyl (C=O) groups is 1. The fourth-order valence-electron chi connectivity index (χ4n) is 2.02. The van der Waals surface area contributed by atoms with E-state index in [1.165, 1.54) is 18.2 Å². The summed E-state index contributed by atoms with van der Waals surface area (Å²) in [6, 6.07) is 8.06. The summed E-state index contributed by atoms with van der Waals surface area (Å²) in [5.74, 6) is -1.86. The second-order valence-corrected chi connectivity index (χ2v) is 4.46. The average Bonchev–Trinajstić information content (AvgIpc) is 2.37. The van der Waals surface area contributed by atoms with Crippen molar-refractivity contribution in [3.63, 3.8) is 0 Å². The molecular formula is C15H10F4O2. The van der Waals surface area contributed by atoms with Gasteiger partial charge in [-0.2, -0.15) is 13.2 Å². The topological polar surface area (TPSA) is 37.3 Å². The quantitative estimate of drug-likeness (QED) is 0.865. The van der Waals surface area contributed by atoms with Gasteiger partial charge in [-0.05, 0) is 34.9 Å². The summed E-state index contributed by atoms with van der Waals surface area (Å²) in [4.78, 5) is 10.6. The molecule has 0 amide bonds. The van der Waals surface area contributed by atoms with Crippen molar-refractivity contribution in [1.82, 2.24) is 0 Å². The molecule has 0 heterocycles. The number of rotatable bonds is 3. The summed E-state index contributed by atoms with van der Waals surface area (Å²) < 4.78 is 52.5. The Bertz CT molecular complexity index is 678. The number of hydrogen-bond acceptors (Lipinski definition) is 1. The van der Waals surface area contributed by atoms with Gasteiger partial charge in [0.15, 0.2) is 0 Å². The van der Waals surface area contributed by atoms with E-state index < -0.39 is 29.9 Å². The molecule has 2 aromatic carbocycles. The number of hydrogen-bond donors (Lipinski definition) is 1. The van der Waals surface area contributed by atoms with Gasteiger partial charge in [0.25, 0.3) is 0 Å². The van der Waals surface area contributed by atoms with Crippen LogP contribution in [-0.4, -0.2) is 11.1 Å². The minimum Gasteiger partial charge on any atom is -0.481 e. The van der Waals surface area contributed by atoms with E-state index >= 15 is 0 Å². The molecule has 2 rings (SSSR count). The monoisotopic (exact) mass is 298 g/mol. The van der Waals surface area contributed by atoms with Gasteiger partial charge >= 0.3 is 12.1 Å². The molecule has 0 unspecified atom stereocenters. The Morgan fingerprint density at radius 2 is 1.81 bits per heavy atom. The number of aliphatic carboxylic acids is 1. The van der Waals surface area contributed by atoms with Crippen LogP contribution < -0.4 is 0 Å². The van der Waals surface area contributed by atoms with Crippen LogP contribution in [0.3, 0.4) is 0 Å². The second kappa shape index (κ2) is 5.55. The predicted octanol–water partition coefficient (Wildman–Crippen LogP) is 4.14. The van der Waals surface area contributed by atoms with Crippen molar-refractivity contribution in [3.05, 3.63) is 59.4 Å². The Hall–Kier alpha value is -2.37. The maximum atomic E-state index is 13.2. The molecule has 6 heteroatoms. The largest absolute Gasteiger partial charge is 0.481 e. The molecule has 0 spiro atoms. The van der Waals surface area contributed by atoms with Gasteiger partial charge in [0, 0.05) is 0 Å². The second-order valence-electron chi connectivity index (χ2n) is 4.46. The Labute approximate surface area is 117 Å². The maximum absolute atomic E-state index is 13.2. The molecule has 0 radical (unpaired) electrons.